The second-order valence-electron chi connectivity index (χ2n) is 6.47. The second kappa shape index (κ2) is 6.08. The Hall–Kier alpha value is -0.160. The maximum atomic E-state index is 10.7. The van der Waals surface area contributed by atoms with E-state index in [1.165, 1.54) is 0 Å². The van der Waals surface area contributed by atoms with Crippen molar-refractivity contribution in [3.63, 3.8) is 0 Å². The molecule has 4 nitrogen and oxygen atoms in total. The van der Waals surface area contributed by atoms with Gasteiger partial charge >= 0.3 is 0 Å². The average molecular weight is 269 g/mol. The van der Waals surface area contributed by atoms with Crippen LogP contribution in [0.2, 0.25) is 0 Å². The fraction of sp³-hybridized carbons (Fsp3) is 1.00. The lowest BCUT2D eigenvalue weighted by Gasteiger charge is -2.45. The van der Waals surface area contributed by atoms with Crippen LogP contribution in [0, 0.1) is 11.8 Å². The molecule has 19 heavy (non-hydrogen) atoms. The van der Waals surface area contributed by atoms with E-state index in [1.807, 2.05) is 0 Å². The van der Waals surface area contributed by atoms with E-state index in [1.54, 1.807) is 0 Å². The number of aliphatic hydroxyl groups excluding tert-OH is 1. The van der Waals surface area contributed by atoms with Crippen LogP contribution >= 0.6 is 0 Å². The van der Waals surface area contributed by atoms with E-state index in [-0.39, 0.29) is 11.7 Å². The van der Waals surface area contributed by atoms with Gasteiger partial charge in [0.05, 0.1) is 11.7 Å². The topological polar surface area (TPSA) is 50.7 Å². The molecule has 1 spiro atoms. The highest BCUT2D eigenvalue weighted by Gasteiger charge is 2.42. The van der Waals surface area contributed by atoms with Crippen molar-refractivity contribution in [3.05, 3.63) is 0 Å². The average Bonchev–Trinajstić information content (AvgIpc) is 2.48. The van der Waals surface area contributed by atoms with Gasteiger partial charge in [-0.3, -0.25) is 0 Å². The summed E-state index contributed by atoms with van der Waals surface area (Å²) in [7, 11) is 0. The standard InChI is InChI=1S/C15H27NO3/c17-14(12-1-6-16-7-2-12)13-3-8-19-15(11-13)4-9-18-10-5-15/h12-14,16-17H,1-11H2. The van der Waals surface area contributed by atoms with E-state index < -0.39 is 0 Å². The largest absolute Gasteiger partial charge is 0.393 e. The predicted octanol–water partition coefficient (Wildman–Crippen LogP) is 1.32. The highest BCUT2D eigenvalue weighted by molar-refractivity contribution is 4.92. The predicted molar refractivity (Wildman–Crippen MR) is 73.1 cm³/mol. The fourth-order valence-electron chi connectivity index (χ4n) is 4.02. The van der Waals surface area contributed by atoms with Gasteiger partial charge < -0.3 is 19.9 Å². The number of rotatable bonds is 2. The third kappa shape index (κ3) is 3.13. The Labute approximate surface area is 115 Å². The molecule has 3 fully saturated rings. The summed E-state index contributed by atoms with van der Waals surface area (Å²) in [5, 5.41) is 14.1. The molecular weight excluding hydrogens is 242 g/mol. The molecule has 3 saturated heterocycles. The first-order valence-corrected chi connectivity index (χ1v) is 7.90. The van der Waals surface area contributed by atoms with Crippen molar-refractivity contribution in [1.29, 1.82) is 0 Å². The molecule has 3 rings (SSSR count). The van der Waals surface area contributed by atoms with Gasteiger partial charge in [0.2, 0.25) is 0 Å². The van der Waals surface area contributed by atoms with Crippen LogP contribution in [0.15, 0.2) is 0 Å². The van der Waals surface area contributed by atoms with Crippen LogP contribution in [0.4, 0.5) is 0 Å². The highest BCUT2D eigenvalue weighted by atomic mass is 16.5. The SMILES string of the molecule is OC(C1CCNCC1)C1CCOC2(CCOCC2)C1. The molecule has 0 saturated carbocycles. The third-order valence-electron chi connectivity index (χ3n) is 5.28. The molecule has 2 atom stereocenters. The molecule has 110 valence electrons. The summed E-state index contributed by atoms with van der Waals surface area (Å²) >= 11 is 0. The van der Waals surface area contributed by atoms with Gasteiger partial charge in [-0.1, -0.05) is 0 Å². The molecule has 0 aromatic rings. The van der Waals surface area contributed by atoms with Crippen LogP contribution in [0.3, 0.4) is 0 Å². The van der Waals surface area contributed by atoms with E-state index in [4.69, 9.17) is 9.47 Å². The summed E-state index contributed by atoms with van der Waals surface area (Å²) in [5.41, 5.74) is 0.00899. The maximum Gasteiger partial charge on any atom is 0.0730 e. The van der Waals surface area contributed by atoms with E-state index >= 15 is 0 Å². The van der Waals surface area contributed by atoms with Gasteiger partial charge in [-0.05, 0) is 63.5 Å². The first kappa shape index (κ1) is 13.8. The van der Waals surface area contributed by atoms with Crippen molar-refractivity contribution < 1.29 is 14.6 Å². The first-order chi connectivity index (χ1) is 9.29. The first-order valence-electron chi connectivity index (χ1n) is 7.90. The summed E-state index contributed by atoms with van der Waals surface area (Å²) in [6.07, 6.45) is 6.16. The quantitative estimate of drug-likeness (QED) is 0.794. The van der Waals surface area contributed by atoms with Crippen LogP contribution in [-0.4, -0.2) is 49.7 Å². The smallest absolute Gasteiger partial charge is 0.0730 e. The lowest BCUT2D eigenvalue weighted by Crippen LogP contribution is -2.48. The van der Waals surface area contributed by atoms with Crippen molar-refractivity contribution in [1.82, 2.24) is 5.32 Å². The van der Waals surface area contributed by atoms with E-state index in [2.05, 4.69) is 5.32 Å². The van der Waals surface area contributed by atoms with Crippen LogP contribution < -0.4 is 5.32 Å². The number of hydrogen-bond donors (Lipinski definition) is 2. The summed E-state index contributed by atoms with van der Waals surface area (Å²) in [5.74, 6) is 0.913. The molecule has 0 radical (unpaired) electrons. The molecule has 3 aliphatic heterocycles. The molecule has 2 N–H and O–H groups in total. The summed E-state index contributed by atoms with van der Waals surface area (Å²) in [6, 6.07) is 0. The molecule has 3 aliphatic rings. The van der Waals surface area contributed by atoms with Crippen molar-refractivity contribution >= 4 is 0 Å². The zero-order valence-electron chi connectivity index (χ0n) is 11.8. The number of nitrogens with one attached hydrogen (secondary N) is 1. The molecule has 0 aliphatic carbocycles. The highest BCUT2D eigenvalue weighted by Crippen LogP contribution is 2.40. The minimum absolute atomic E-state index is 0.00899. The Morgan fingerprint density at radius 2 is 1.74 bits per heavy atom. The zero-order chi connectivity index (χ0) is 13.1. The Morgan fingerprint density at radius 3 is 2.47 bits per heavy atom. The Bertz CT molecular complexity index is 280. The van der Waals surface area contributed by atoms with Crippen molar-refractivity contribution in [2.24, 2.45) is 11.8 Å². The minimum Gasteiger partial charge on any atom is -0.393 e. The van der Waals surface area contributed by atoms with E-state index in [0.29, 0.717) is 11.8 Å². The number of piperidine rings is 1. The fourth-order valence-corrected chi connectivity index (χ4v) is 4.02. The molecule has 3 heterocycles. The molecule has 4 heteroatoms. The molecule has 2 unspecified atom stereocenters. The molecule has 0 bridgehead atoms. The monoisotopic (exact) mass is 269 g/mol. The van der Waals surface area contributed by atoms with Crippen LogP contribution in [0.5, 0.6) is 0 Å². The summed E-state index contributed by atoms with van der Waals surface area (Å²) < 4.78 is 11.5. The van der Waals surface area contributed by atoms with Gasteiger partial charge in [0.15, 0.2) is 0 Å². The zero-order valence-corrected chi connectivity index (χ0v) is 11.8. The minimum atomic E-state index is -0.134. The Morgan fingerprint density at radius 1 is 1.00 bits per heavy atom. The lowest BCUT2D eigenvalue weighted by atomic mass is 9.74. The third-order valence-corrected chi connectivity index (χ3v) is 5.28. The Balaban J connectivity index is 1.60. The lowest BCUT2D eigenvalue weighted by molar-refractivity contribution is -0.163. The van der Waals surface area contributed by atoms with Crippen molar-refractivity contribution in [3.8, 4) is 0 Å². The number of ether oxygens (including phenoxy) is 2. The van der Waals surface area contributed by atoms with Crippen molar-refractivity contribution in [2.75, 3.05) is 32.9 Å². The number of aliphatic hydroxyl groups is 1. The summed E-state index contributed by atoms with van der Waals surface area (Å²) in [4.78, 5) is 0. The Kier molecular flexibility index (Phi) is 4.42. The van der Waals surface area contributed by atoms with Gasteiger partial charge in [0, 0.05) is 19.8 Å². The normalized spacial score (nSPS) is 34.3. The molecule has 0 aromatic carbocycles. The van der Waals surface area contributed by atoms with Gasteiger partial charge in [0.25, 0.3) is 0 Å². The van der Waals surface area contributed by atoms with Gasteiger partial charge in [-0.2, -0.15) is 0 Å². The van der Waals surface area contributed by atoms with Crippen molar-refractivity contribution in [2.45, 2.75) is 50.2 Å². The molecule has 0 amide bonds. The molecule has 0 aromatic heterocycles. The summed E-state index contributed by atoms with van der Waals surface area (Å²) in [6.45, 7) is 4.56. The van der Waals surface area contributed by atoms with Crippen LogP contribution in [0.25, 0.3) is 0 Å². The van der Waals surface area contributed by atoms with Gasteiger partial charge in [-0.15, -0.1) is 0 Å². The molecular formula is C15H27NO3. The van der Waals surface area contributed by atoms with Crippen LogP contribution in [-0.2, 0) is 9.47 Å². The van der Waals surface area contributed by atoms with Crippen LogP contribution in [0.1, 0.15) is 38.5 Å². The number of hydrogen-bond acceptors (Lipinski definition) is 4. The van der Waals surface area contributed by atoms with E-state index in [0.717, 1.165) is 71.4 Å². The second-order valence-corrected chi connectivity index (χ2v) is 6.47. The maximum absolute atomic E-state index is 10.7. The van der Waals surface area contributed by atoms with Gasteiger partial charge in [-0.25, -0.2) is 0 Å². The van der Waals surface area contributed by atoms with Gasteiger partial charge in [0.1, 0.15) is 0 Å². The van der Waals surface area contributed by atoms with E-state index in [9.17, 15) is 5.11 Å².